The Morgan fingerprint density at radius 3 is 2.77 bits per heavy atom. The minimum Gasteiger partial charge on any atom is -0.444 e. The maximum absolute atomic E-state index is 12.0. The van der Waals surface area contributed by atoms with E-state index in [0.29, 0.717) is 6.61 Å². The second-order valence-corrected chi connectivity index (χ2v) is 6.64. The number of benzene rings is 1. The van der Waals surface area contributed by atoms with Crippen LogP contribution in [0.25, 0.3) is 0 Å². The van der Waals surface area contributed by atoms with Crippen molar-refractivity contribution in [1.82, 2.24) is 5.32 Å². The molecule has 0 saturated carbocycles. The summed E-state index contributed by atoms with van der Waals surface area (Å²) >= 11 is 0. The molecule has 1 N–H and O–H groups in total. The molecule has 1 amide bonds. The van der Waals surface area contributed by atoms with E-state index in [1.165, 1.54) is 11.1 Å². The predicted molar refractivity (Wildman–Crippen MR) is 86.9 cm³/mol. The molecule has 2 rings (SSSR count). The topological polar surface area (TPSA) is 50.9 Å². The summed E-state index contributed by atoms with van der Waals surface area (Å²) in [5.41, 5.74) is 1.90. The van der Waals surface area contributed by atoms with Gasteiger partial charge in [0.05, 0.1) is 12.6 Å². The fourth-order valence-electron chi connectivity index (χ4n) is 2.33. The molecule has 1 aromatic carbocycles. The van der Waals surface area contributed by atoms with E-state index in [-0.39, 0.29) is 12.1 Å². The van der Waals surface area contributed by atoms with Crippen LogP contribution in [-0.2, 0) is 22.3 Å². The quantitative estimate of drug-likeness (QED) is 0.648. The van der Waals surface area contributed by atoms with E-state index in [9.17, 15) is 4.79 Å². The number of epoxide rings is 1. The fraction of sp³-hybridized carbons (Fsp3) is 0.500. The summed E-state index contributed by atoms with van der Waals surface area (Å²) in [5, 5.41) is 2.93. The molecule has 4 heteroatoms. The number of ether oxygens (including phenoxy) is 2. The molecule has 0 spiro atoms. The van der Waals surface area contributed by atoms with Gasteiger partial charge in [0.25, 0.3) is 0 Å². The molecule has 1 unspecified atom stereocenters. The van der Waals surface area contributed by atoms with E-state index in [2.05, 4.69) is 30.1 Å². The Morgan fingerprint density at radius 1 is 1.50 bits per heavy atom. The molecule has 4 nitrogen and oxygen atoms in total. The highest BCUT2D eigenvalue weighted by Gasteiger charge is 2.34. The number of hydrogen-bond donors (Lipinski definition) is 1. The minimum atomic E-state index is -0.497. The smallest absolute Gasteiger partial charge is 0.407 e. The van der Waals surface area contributed by atoms with Crippen LogP contribution in [0.15, 0.2) is 36.9 Å². The number of carbonyl (C=O) groups excluding carboxylic acids is 1. The van der Waals surface area contributed by atoms with E-state index in [1.807, 2.05) is 32.9 Å². The summed E-state index contributed by atoms with van der Waals surface area (Å²) in [5.74, 6) is 0. The second-order valence-electron chi connectivity index (χ2n) is 6.64. The number of nitrogens with one attached hydrogen (secondary N) is 1. The van der Waals surface area contributed by atoms with E-state index < -0.39 is 11.7 Å². The summed E-state index contributed by atoms with van der Waals surface area (Å²) in [6.45, 7) is 10.0. The van der Waals surface area contributed by atoms with E-state index >= 15 is 0 Å². The lowest BCUT2D eigenvalue weighted by Crippen LogP contribution is -2.43. The Balaban J connectivity index is 1.98. The molecule has 1 saturated heterocycles. The summed E-state index contributed by atoms with van der Waals surface area (Å²) < 4.78 is 10.7. The summed E-state index contributed by atoms with van der Waals surface area (Å²) in [6, 6.07) is 8.27. The van der Waals surface area contributed by atoms with Crippen molar-refractivity contribution in [3.8, 4) is 0 Å². The average Bonchev–Trinajstić information content (AvgIpc) is 3.20. The van der Waals surface area contributed by atoms with Gasteiger partial charge in [-0.05, 0) is 44.7 Å². The first-order valence-electron chi connectivity index (χ1n) is 7.67. The number of alkyl carbamates (subject to hydrolysis) is 1. The van der Waals surface area contributed by atoms with Crippen molar-refractivity contribution < 1.29 is 14.3 Å². The van der Waals surface area contributed by atoms with Crippen LogP contribution < -0.4 is 5.32 Å². The lowest BCUT2D eigenvalue weighted by atomic mass is 10.0. The average molecular weight is 303 g/mol. The first-order valence-corrected chi connectivity index (χ1v) is 7.67. The second kappa shape index (κ2) is 6.97. The Hall–Kier alpha value is -1.81. The summed E-state index contributed by atoms with van der Waals surface area (Å²) in [7, 11) is 0. The SMILES string of the molecule is C=CCc1cccc(C[C@H](NC(=O)OC(C)(C)C)C2CO2)c1. The maximum Gasteiger partial charge on any atom is 0.407 e. The Bertz CT molecular complexity index is 529. The van der Waals surface area contributed by atoms with E-state index in [4.69, 9.17) is 9.47 Å². The number of carbonyl (C=O) groups is 1. The predicted octanol–water partition coefficient (Wildman–Crippen LogP) is 3.25. The van der Waals surface area contributed by atoms with Gasteiger partial charge in [0, 0.05) is 0 Å². The highest BCUT2D eigenvalue weighted by atomic mass is 16.6. The molecule has 0 bridgehead atoms. The van der Waals surface area contributed by atoms with Crippen LogP contribution in [0.4, 0.5) is 4.79 Å². The molecule has 0 aromatic heterocycles. The maximum atomic E-state index is 12.0. The van der Waals surface area contributed by atoms with Gasteiger partial charge in [0.1, 0.15) is 11.7 Å². The van der Waals surface area contributed by atoms with Crippen LogP contribution in [0.1, 0.15) is 31.9 Å². The van der Waals surface area contributed by atoms with Crippen LogP contribution in [0.2, 0.25) is 0 Å². The van der Waals surface area contributed by atoms with Gasteiger partial charge in [-0.15, -0.1) is 6.58 Å². The van der Waals surface area contributed by atoms with Gasteiger partial charge in [0.2, 0.25) is 0 Å². The van der Waals surface area contributed by atoms with Gasteiger partial charge < -0.3 is 14.8 Å². The molecule has 0 aliphatic carbocycles. The van der Waals surface area contributed by atoms with Crippen LogP contribution in [-0.4, -0.2) is 30.4 Å². The zero-order valence-corrected chi connectivity index (χ0v) is 13.6. The summed E-state index contributed by atoms with van der Waals surface area (Å²) in [4.78, 5) is 12.0. The highest BCUT2D eigenvalue weighted by Crippen LogP contribution is 2.19. The van der Waals surface area contributed by atoms with Crippen molar-refractivity contribution in [1.29, 1.82) is 0 Å². The molecule has 2 atom stereocenters. The molecule has 22 heavy (non-hydrogen) atoms. The van der Waals surface area contributed by atoms with Gasteiger partial charge in [-0.3, -0.25) is 0 Å². The van der Waals surface area contributed by atoms with Gasteiger partial charge in [0.15, 0.2) is 0 Å². The zero-order chi connectivity index (χ0) is 16.2. The number of amides is 1. The van der Waals surface area contributed by atoms with Gasteiger partial charge in [-0.2, -0.15) is 0 Å². The Morgan fingerprint density at radius 2 is 2.18 bits per heavy atom. The Labute approximate surface area is 132 Å². The fourth-order valence-corrected chi connectivity index (χ4v) is 2.33. The summed E-state index contributed by atoms with van der Waals surface area (Å²) in [6.07, 6.45) is 3.15. The van der Waals surface area contributed by atoms with Crippen molar-refractivity contribution in [3.05, 3.63) is 48.0 Å². The van der Waals surface area contributed by atoms with Crippen LogP contribution >= 0.6 is 0 Å². The molecule has 120 valence electrons. The van der Waals surface area contributed by atoms with E-state index in [0.717, 1.165) is 12.8 Å². The first kappa shape index (κ1) is 16.6. The lowest BCUT2D eigenvalue weighted by molar-refractivity contribution is 0.0495. The molecule has 1 aliphatic rings. The molecule has 1 aromatic rings. The lowest BCUT2D eigenvalue weighted by Gasteiger charge is -2.23. The molecule has 1 aliphatic heterocycles. The van der Waals surface area contributed by atoms with Gasteiger partial charge in [-0.1, -0.05) is 30.3 Å². The van der Waals surface area contributed by atoms with Crippen molar-refractivity contribution in [2.24, 2.45) is 0 Å². The zero-order valence-electron chi connectivity index (χ0n) is 13.6. The van der Waals surface area contributed by atoms with Crippen molar-refractivity contribution >= 4 is 6.09 Å². The molecular formula is C18H25NO3. The third-order valence-electron chi connectivity index (χ3n) is 3.34. The number of allylic oxidation sites excluding steroid dienone is 1. The van der Waals surface area contributed by atoms with E-state index in [1.54, 1.807) is 0 Å². The largest absolute Gasteiger partial charge is 0.444 e. The standard InChI is InChI=1S/C18H25NO3/c1-5-7-13-8-6-9-14(10-13)11-15(16-12-21-16)19-17(20)22-18(2,3)4/h5-6,8-10,15-16H,1,7,11-12H2,2-4H3,(H,19,20)/t15-,16?/m0/s1. The van der Waals surface area contributed by atoms with Crippen LogP contribution in [0, 0.1) is 0 Å². The van der Waals surface area contributed by atoms with Crippen molar-refractivity contribution in [2.75, 3.05) is 6.61 Å². The molecular weight excluding hydrogens is 278 g/mol. The number of rotatable bonds is 6. The molecule has 0 radical (unpaired) electrons. The normalized spacial score (nSPS) is 18.4. The van der Waals surface area contributed by atoms with Gasteiger partial charge in [-0.25, -0.2) is 4.79 Å². The Kier molecular flexibility index (Phi) is 5.24. The minimum absolute atomic E-state index is 0.0613. The third kappa shape index (κ3) is 5.53. The monoisotopic (exact) mass is 303 g/mol. The molecule has 1 heterocycles. The molecule has 1 fully saturated rings. The van der Waals surface area contributed by atoms with Crippen molar-refractivity contribution in [2.45, 2.75) is 51.4 Å². The third-order valence-corrected chi connectivity index (χ3v) is 3.34. The van der Waals surface area contributed by atoms with Crippen LogP contribution in [0.3, 0.4) is 0 Å². The van der Waals surface area contributed by atoms with Crippen LogP contribution in [0.5, 0.6) is 0 Å². The van der Waals surface area contributed by atoms with Crippen molar-refractivity contribution in [3.63, 3.8) is 0 Å². The number of hydrogen-bond acceptors (Lipinski definition) is 3. The highest BCUT2D eigenvalue weighted by molar-refractivity contribution is 5.68. The first-order chi connectivity index (χ1) is 10.4. The van der Waals surface area contributed by atoms with Gasteiger partial charge >= 0.3 is 6.09 Å².